The van der Waals surface area contributed by atoms with Crippen LogP contribution in [0.5, 0.6) is 0 Å². The van der Waals surface area contributed by atoms with Crippen molar-refractivity contribution < 1.29 is 28.3 Å². The number of benzene rings is 2. The number of para-hydroxylation sites is 2. The molecule has 2 heterocycles. The van der Waals surface area contributed by atoms with Gasteiger partial charge in [0.25, 0.3) is 5.89 Å². The van der Waals surface area contributed by atoms with E-state index in [1.54, 1.807) is 29.2 Å². The summed E-state index contributed by atoms with van der Waals surface area (Å²) in [7, 11) is 0. The van der Waals surface area contributed by atoms with Gasteiger partial charge in [0.2, 0.25) is 11.7 Å². The lowest BCUT2D eigenvalue weighted by molar-refractivity contribution is -0.144. The molecular formula is C25H27N3O6. The number of amides is 2. The van der Waals surface area contributed by atoms with Gasteiger partial charge in [-0.3, -0.25) is 9.59 Å². The molecule has 1 aromatic heterocycles. The number of aromatic nitrogens is 1. The summed E-state index contributed by atoms with van der Waals surface area (Å²) in [4.78, 5) is 45.2. The Morgan fingerprint density at radius 1 is 1.00 bits per heavy atom. The first-order chi connectivity index (χ1) is 16.5. The number of carbonyl (C=O) groups excluding carboxylic acids is 3. The van der Waals surface area contributed by atoms with Crippen LogP contribution in [0.4, 0.5) is 4.79 Å². The van der Waals surface area contributed by atoms with Crippen LogP contribution >= 0.6 is 0 Å². The Balaban J connectivity index is 1.74. The second kappa shape index (κ2) is 10.5. The molecule has 0 spiro atoms. The molecule has 3 aromatic rings. The molecule has 178 valence electrons. The maximum absolute atomic E-state index is 14.0. The van der Waals surface area contributed by atoms with E-state index < -0.39 is 17.3 Å². The molecule has 34 heavy (non-hydrogen) atoms. The highest BCUT2D eigenvalue weighted by Crippen LogP contribution is 2.36. The van der Waals surface area contributed by atoms with Gasteiger partial charge in [0, 0.05) is 19.5 Å². The van der Waals surface area contributed by atoms with Gasteiger partial charge in [0.05, 0.1) is 19.8 Å². The van der Waals surface area contributed by atoms with Crippen molar-refractivity contribution in [2.75, 3.05) is 32.9 Å². The Kier molecular flexibility index (Phi) is 7.22. The van der Waals surface area contributed by atoms with E-state index in [0.717, 1.165) is 5.56 Å². The molecule has 1 saturated heterocycles. The van der Waals surface area contributed by atoms with E-state index in [4.69, 9.17) is 19.6 Å². The van der Waals surface area contributed by atoms with E-state index in [1.807, 2.05) is 30.3 Å². The maximum Gasteiger partial charge on any atom is 0.404 e. The first-order valence-electron chi connectivity index (χ1n) is 11.2. The van der Waals surface area contributed by atoms with E-state index in [2.05, 4.69) is 4.98 Å². The number of Topliss-reactive ketones (excluding diaryl/α,β-unsaturated/α-hetero) is 1. The van der Waals surface area contributed by atoms with Gasteiger partial charge in [-0.15, -0.1) is 0 Å². The van der Waals surface area contributed by atoms with Gasteiger partial charge >= 0.3 is 6.09 Å². The van der Waals surface area contributed by atoms with E-state index in [-0.39, 0.29) is 31.2 Å². The van der Waals surface area contributed by atoms with Crippen molar-refractivity contribution in [1.82, 2.24) is 9.88 Å². The number of ether oxygens (including phenoxy) is 2. The molecule has 1 atom stereocenters. The summed E-state index contributed by atoms with van der Waals surface area (Å²) in [6, 6.07) is 16.6. The van der Waals surface area contributed by atoms with Gasteiger partial charge in [-0.2, -0.15) is 0 Å². The molecule has 0 bridgehead atoms. The molecule has 2 N–H and O–H groups in total. The number of nitrogens with two attached hydrogens (primary N) is 1. The minimum absolute atomic E-state index is 0.0451. The second-order valence-electron chi connectivity index (χ2n) is 8.21. The number of hydrogen-bond donors (Lipinski definition) is 1. The third-order valence-electron chi connectivity index (χ3n) is 6.09. The largest absolute Gasteiger partial charge is 0.450 e. The van der Waals surface area contributed by atoms with Crippen LogP contribution in [0.2, 0.25) is 0 Å². The fraction of sp³-hybridized carbons (Fsp3) is 0.360. The molecule has 9 nitrogen and oxygen atoms in total. The maximum atomic E-state index is 14.0. The summed E-state index contributed by atoms with van der Waals surface area (Å²) in [5.41, 5.74) is 5.55. The number of rotatable bonds is 9. The lowest BCUT2D eigenvalue weighted by atomic mass is 9.74. The van der Waals surface area contributed by atoms with Crippen LogP contribution in [0, 0.1) is 5.41 Å². The van der Waals surface area contributed by atoms with Gasteiger partial charge < -0.3 is 24.5 Å². The quantitative estimate of drug-likeness (QED) is 0.380. The van der Waals surface area contributed by atoms with E-state index in [1.165, 1.54) is 0 Å². The van der Waals surface area contributed by atoms with Crippen molar-refractivity contribution in [3.8, 4) is 0 Å². The molecule has 1 aliphatic heterocycles. The lowest BCUT2D eigenvalue weighted by Crippen LogP contribution is -2.53. The van der Waals surface area contributed by atoms with Gasteiger partial charge in [-0.05, 0) is 30.5 Å². The van der Waals surface area contributed by atoms with Crippen molar-refractivity contribution in [1.29, 1.82) is 0 Å². The van der Waals surface area contributed by atoms with E-state index in [0.29, 0.717) is 43.8 Å². The van der Waals surface area contributed by atoms with Crippen LogP contribution in [0.1, 0.15) is 29.1 Å². The number of carbonyl (C=O) groups is 3. The number of nitrogens with zero attached hydrogens (tertiary/aromatic N) is 2. The smallest absolute Gasteiger partial charge is 0.404 e. The average molecular weight is 466 g/mol. The number of primary amides is 1. The van der Waals surface area contributed by atoms with Crippen LogP contribution in [-0.2, 0) is 20.7 Å². The molecule has 2 amide bonds. The van der Waals surface area contributed by atoms with Crippen molar-refractivity contribution in [2.45, 2.75) is 19.3 Å². The van der Waals surface area contributed by atoms with Crippen molar-refractivity contribution >= 4 is 28.9 Å². The van der Waals surface area contributed by atoms with Crippen LogP contribution in [0.15, 0.2) is 59.0 Å². The first-order valence-corrected chi connectivity index (χ1v) is 11.2. The Morgan fingerprint density at radius 2 is 1.71 bits per heavy atom. The first kappa shape index (κ1) is 23.4. The summed E-state index contributed by atoms with van der Waals surface area (Å²) in [6.07, 6.45) is -0.367. The molecule has 9 heteroatoms. The third kappa shape index (κ3) is 5.09. The molecule has 0 radical (unpaired) electrons. The fourth-order valence-corrected chi connectivity index (χ4v) is 4.23. The molecular weight excluding hydrogens is 438 g/mol. The minimum Gasteiger partial charge on any atom is -0.450 e. The SMILES string of the molecule is NC(=O)OCCC(CCc1ccccc1)(C(=O)c1nc2ccccc2o1)C(=O)N1CCOCC1. The Bertz CT molecular complexity index is 1120. The summed E-state index contributed by atoms with van der Waals surface area (Å²) >= 11 is 0. The number of oxazole rings is 1. The molecule has 4 rings (SSSR count). The standard InChI is InChI=1S/C25H27N3O6/c26-24(31)33-15-12-25(11-10-18-6-2-1-3-7-18,23(30)28-13-16-32-17-14-28)21(29)22-27-19-8-4-5-9-20(19)34-22/h1-9H,10-17H2,(H2,26,31). The number of fused-ring (bicyclic) bond motifs is 1. The normalized spacial score (nSPS) is 15.6. The highest BCUT2D eigenvalue weighted by molar-refractivity contribution is 6.12. The second-order valence-corrected chi connectivity index (χ2v) is 8.21. The molecule has 1 fully saturated rings. The topological polar surface area (TPSA) is 125 Å². The predicted molar refractivity (Wildman–Crippen MR) is 123 cm³/mol. The molecule has 0 aliphatic carbocycles. The summed E-state index contributed by atoms with van der Waals surface area (Å²) in [6.45, 7) is 1.31. The number of hydrogen-bond acceptors (Lipinski definition) is 7. The Labute approximate surface area is 196 Å². The summed E-state index contributed by atoms with van der Waals surface area (Å²) in [5, 5.41) is 0. The van der Waals surface area contributed by atoms with E-state index >= 15 is 0 Å². The lowest BCUT2D eigenvalue weighted by Gasteiger charge is -2.37. The average Bonchev–Trinajstić information content (AvgIpc) is 3.31. The minimum atomic E-state index is -1.55. The fourth-order valence-electron chi connectivity index (χ4n) is 4.23. The number of morpholine rings is 1. The number of ketones is 1. The van der Waals surface area contributed by atoms with Gasteiger partial charge in [-0.25, -0.2) is 9.78 Å². The van der Waals surface area contributed by atoms with Crippen LogP contribution in [-0.4, -0.2) is 60.6 Å². The molecule has 2 aromatic carbocycles. The van der Waals surface area contributed by atoms with Gasteiger partial charge in [-0.1, -0.05) is 42.5 Å². The summed E-state index contributed by atoms with van der Waals surface area (Å²) < 4.78 is 16.1. The molecule has 1 unspecified atom stereocenters. The van der Waals surface area contributed by atoms with Gasteiger partial charge in [0.15, 0.2) is 5.58 Å². The monoisotopic (exact) mass is 465 g/mol. The van der Waals surface area contributed by atoms with Gasteiger partial charge in [0.1, 0.15) is 10.9 Å². The highest BCUT2D eigenvalue weighted by Gasteiger charge is 2.50. The van der Waals surface area contributed by atoms with Crippen molar-refractivity contribution in [2.24, 2.45) is 11.1 Å². The molecule has 0 saturated carbocycles. The predicted octanol–water partition coefficient (Wildman–Crippen LogP) is 2.97. The van der Waals surface area contributed by atoms with Crippen molar-refractivity contribution in [3.63, 3.8) is 0 Å². The third-order valence-corrected chi connectivity index (χ3v) is 6.09. The number of aryl methyl sites for hydroxylation is 1. The van der Waals surface area contributed by atoms with Crippen LogP contribution in [0.25, 0.3) is 11.1 Å². The zero-order valence-corrected chi connectivity index (χ0v) is 18.8. The highest BCUT2D eigenvalue weighted by atomic mass is 16.5. The zero-order chi connectivity index (χ0) is 24.0. The Morgan fingerprint density at radius 3 is 2.41 bits per heavy atom. The van der Waals surface area contributed by atoms with Crippen molar-refractivity contribution in [3.05, 3.63) is 66.1 Å². The van der Waals surface area contributed by atoms with Crippen LogP contribution in [0.3, 0.4) is 0 Å². The van der Waals surface area contributed by atoms with Crippen LogP contribution < -0.4 is 5.73 Å². The zero-order valence-electron chi connectivity index (χ0n) is 18.8. The van der Waals surface area contributed by atoms with E-state index in [9.17, 15) is 14.4 Å². The summed E-state index contributed by atoms with van der Waals surface area (Å²) in [5.74, 6) is -1.04. The Hall–Kier alpha value is -3.72. The molecule has 1 aliphatic rings.